The van der Waals surface area contributed by atoms with E-state index in [1.165, 1.54) is 28.7 Å². The van der Waals surface area contributed by atoms with Crippen LogP contribution in [0.3, 0.4) is 0 Å². The maximum absolute atomic E-state index is 12.8. The molecule has 0 saturated carbocycles. The van der Waals surface area contributed by atoms with Crippen LogP contribution in [0.25, 0.3) is 0 Å². The molecule has 1 aliphatic rings. The van der Waals surface area contributed by atoms with Crippen LogP contribution in [-0.2, 0) is 9.53 Å². The minimum atomic E-state index is -0.566. The molecule has 168 valence electrons. The Hall–Kier alpha value is -3.88. The molecule has 2 aromatic rings. The number of rotatable bonds is 7. The van der Waals surface area contributed by atoms with E-state index >= 15 is 0 Å². The van der Waals surface area contributed by atoms with Gasteiger partial charge in [0.25, 0.3) is 5.91 Å². The summed E-state index contributed by atoms with van der Waals surface area (Å²) in [6.07, 6.45) is -0.489. The molecule has 0 aliphatic carbocycles. The van der Waals surface area contributed by atoms with Gasteiger partial charge in [0.1, 0.15) is 11.9 Å². The summed E-state index contributed by atoms with van der Waals surface area (Å²) in [5.41, 5.74) is 1.72. The molecule has 1 unspecified atom stereocenters. The van der Waals surface area contributed by atoms with Gasteiger partial charge in [-0.25, -0.2) is 4.79 Å². The first-order chi connectivity index (χ1) is 15.3. The quantitative estimate of drug-likeness (QED) is 0.616. The van der Waals surface area contributed by atoms with Gasteiger partial charge in [0.05, 0.1) is 31.5 Å². The molecule has 2 aromatic carbocycles. The third-order valence-corrected chi connectivity index (χ3v) is 5.33. The molecule has 3 rings (SSSR count). The zero-order valence-electron chi connectivity index (χ0n) is 18.4. The number of cyclic esters (lactones) is 1. The number of likely N-dealkylation sites (N-methyl/N-ethyl adjacent to an activating group) is 1. The average Bonchev–Trinajstić information content (AvgIpc) is 3.16. The lowest BCUT2D eigenvalue weighted by Crippen LogP contribution is -2.36. The first kappa shape index (κ1) is 22.8. The van der Waals surface area contributed by atoms with Crippen LogP contribution in [0, 0.1) is 0 Å². The lowest BCUT2D eigenvalue weighted by Gasteiger charge is -2.22. The molecule has 1 saturated heterocycles. The zero-order valence-corrected chi connectivity index (χ0v) is 18.4. The van der Waals surface area contributed by atoms with Crippen molar-refractivity contribution in [3.63, 3.8) is 0 Å². The normalized spacial score (nSPS) is 15.2. The van der Waals surface area contributed by atoms with E-state index in [2.05, 4.69) is 0 Å². The number of carbonyl (C=O) groups excluding carboxylic acids is 4. The molecule has 32 heavy (non-hydrogen) atoms. The fourth-order valence-corrected chi connectivity index (χ4v) is 3.48. The molecule has 1 fully saturated rings. The molecule has 9 nitrogen and oxygen atoms in total. The summed E-state index contributed by atoms with van der Waals surface area (Å²) in [5.74, 6) is -0.0572. The lowest BCUT2D eigenvalue weighted by atomic mass is 10.1. The first-order valence-corrected chi connectivity index (χ1v) is 9.97. The van der Waals surface area contributed by atoms with Crippen LogP contribution in [-0.4, -0.2) is 69.5 Å². The number of hydrogen-bond donors (Lipinski definition) is 0. The van der Waals surface area contributed by atoms with Crippen molar-refractivity contribution < 1.29 is 28.7 Å². The third-order valence-electron chi connectivity index (χ3n) is 5.33. The predicted molar refractivity (Wildman–Crippen MR) is 118 cm³/mol. The Morgan fingerprint density at radius 1 is 1.22 bits per heavy atom. The van der Waals surface area contributed by atoms with Crippen molar-refractivity contribution in [3.8, 4) is 5.75 Å². The minimum Gasteiger partial charge on any atom is -0.494 e. The number of carbonyl (C=O) groups is 4. The number of methoxy groups -OCH3 is 1. The molecular weight excluding hydrogens is 414 g/mol. The Labute approximate surface area is 186 Å². The van der Waals surface area contributed by atoms with Gasteiger partial charge in [-0.15, -0.1) is 0 Å². The molecular formula is C23H25N3O6. The van der Waals surface area contributed by atoms with Crippen LogP contribution in [0.1, 0.15) is 27.6 Å². The van der Waals surface area contributed by atoms with Gasteiger partial charge in [-0.05, 0) is 18.2 Å². The van der Waals surface area contributed by atoms with E-state index in [4.69, 9.17) is 9.47 Å². The lowest BCUT2D eigenvalue weighted by molar-refractivity contribution is -0.116. The van der Waals surface area contributed by atoms with E-state index in [1.807, 2.05) is 0 Å². The number of benzene rings is 2. The highest BCUT2D eigenvalue weighted by Crippen LogP contribution is 2.35. The van der Waals surface area contributed by atoms with Crippen molar-refractivity contribution in [3.05, 3.63) is 53.6 Å². The Morgan fingerprint density at radius 3 is 2.59 bits per heavy atom. The second kappa shape index (κ2) is 9.51. The minimum absolute atomic E-state index is 0.135. The highest BCUT2D eigenvalue weighted by molar-refractivity contribution is 6.01. The largest absolute Gasteiger partial charge is 0.494 e. The van der Waals surface area contributed by atoms with Crippen LogP contribution in [0.5, 0.6) is 5.75 Å². The third kappa shape index (κ3) is 4.56. The second-order valence-electron chi connectivity index (χ2n) is 7.44. The Kier molecular flexibility index (Phi) is 6.77. The van der Waals surface area contributed by atoms with Gasteiger partial charge in [-0.2, -0.15) is 0 Å². The summed E-state index contributed by atoms with van der Waals surface area (Å²) >= 11 is 0. The Morgan fingerprint density at radius 2 is 1.94 bits per heavy atom. The first-order valence-electron chi connectivity index (χ1n) is 9.97. The maximum Gasteiger partial charge on any atom is 0.414 e. The van der Waals surface area contributed by atoms with Crippen molar-refractivity contribution in [2.45, 2.75) is 13.0 Å². The van der Waals surface area contributed by atoms with Crippen molar-refractivity contribution in [1.82, 2.24) is 4.90 Å². The summed E-state index contributed by atoms with van der Waals surface area (Å²) in [7, 11) is 4.71. The molecule has 3 amide bonds. The molecule has 1 aliphatic heterocycles. The van der Waals surface area contributed by atoms with E-state index in [9.17, 15) is 19.2 Å². The van der Waals surface area contributed by atoms with Crippen LogP contribution >= 0.6 is 0 Å². The van der Waals surface area contributed by atoms with Gasteiger partial charge in [0.2, 0.25) is 5.91 Å². The van der Waals surface area contributed by atoms with Crippen molar-refractivity contribution in [2.24, 2.45) is 0 Å². The SMILES string of the molecule is COc1cc(N(C)C(C)=O)ccc1N1CC(CN(C)C(=O)c2ccccc2C=O)OC1=O. The summed E-state index contributed by atoms with van der Waals surface area (Å²) in [4.78, 5) is 52.5. The van der Waals surface area contributed by atoms with Gasteiger partial charge in [-0.1, -0.05) is 18.2 Å². The highest BCUT2D eigenvalue weighted by atomic mass is 16.6. The topological polar surface area (TPSA) is 96.5 Å². The van der Waals surface area contributed by atoms with Crippen LogP contribution in [0.15, 0.2) is 42.5 Å². The smallest absolute Gasteiger partial charge is 0.414 e. The summed E-state index contributed by atoms with van der Waals surface area (Å²) < 4.78 is 10.9. The molecule has 9 heteroatoms. The monoisotopic (exact) mass is 439 g/mol. The van der Waals surface area contributed by atoms with Gasteiger partial charge in [0.15, 0.2) is 6.29 Å². The van der Waals surface area contributed by atoms with Crippen molar-refractivity contribution in [1.29, 1.82) is 0 Å². The predicted octanol–water partition coefficient (Wildman–Crippen LogP) is 2.59. The van der Waals surface area contributed by atoms with Crippen LogP contribution in [0.2, 0.25) is 0 Å². The van der Waals surface area contributed by atoms with Gasteiger partial charge >= 0.3 is 6.09 Å². The number of amides is 3. The molecule has 1 heterocycles. The maximum atomic E-state index is 12.8. The summed E-state index contributed by atoms with van der Waals surface area (Å²) in [6.45, 7) is 1.82. The molecule has 0 spiro atoms. The van der Waals surface area contributed by atoms with E-state index in [0.29, 0.717) is 29.0 Å². The van der Waals surface area contributed by atoms with Crippen molar-refractivity contribution >= 4 is 35.6 Å². The second-order valence-corrected chi connectivity index (χ2v) is 7.44. The standard InChI is InChI=1S/C23H25N3O6/c1-15(28)25(3)17-9-10-20(21(11-17)31-4)26-13-18(32-23(26)30)12-24(2)22(29)19-8-6-5-7-16(19)14-27/h5-11,14,18H,12-13H2,1-4H3. The molecule has 0 aromatic heterocycles. The Bertz CT molecular complexity index is 1050. The van der Waals surface area contributed by atoms with E-state index < -0.39 is 12.2 Å². The highest BCUT2D eigenvalue weighted by Gasteiger charge is 2.35. The fraction of sp³-hybridized carbons (Fsp3) is 0.304. The number of aldehydes is 1. The van der Waals surface area contributed by atoms with Gasteiger partial charge < -0.3 is 19.3 Å². The summed E-state index contributed by atoms with van der Waals surface area (Å²) in [6, 6.07) is 11.6. The van der Waals surface area contributed by atoms with Crippen LogP contribution in [0.4, 0.5) is 16.2 Å². The van der Waals surface area contributed by atoms with Crippen molar-refractivity contribution in [2.75, 3.05) is 44.1 Å². The van der Waals surface area contributed by atoms with E-state index in [1.54, 1.807) is 56.6 Å². The van der Waals surface area contributed by atoms with E-state index in [-0.39, 0.29) is 30.5 Å². The zero-order chi connectivity index (χ0) is 23.4. The van der Waals surface area contributed by atoms with E-state index in [0.717, 1.165) is 0 Å². The number of anilines is 2. The average molecular weight is 439 g/mol. The number of hydrogen-bond acceptors (Lipinski definition) is 6. The molecule has 0 bridgehead atoms. The van der Waals surface area contributed by atoms with Gasteiger partial charge in [-0.3, -0.25) is 19.3 Å². The summed E-state index contributed by atoms with van der Waals surface area (Å²) in [5, 5.41) is 0. The van der Waals surface area contributed by atoms with Crippen LogP contribution < -0.4 is 14.5 Å². The molecule has 1 atom stereocenters. The number of ether oxygens (including phenoxy) is 2. The molecule has 0 N–H and O–H groups in total. The van der Waals surface area contributed by atoms with Gasteiger partial charge in [0, 0.05) is 38.3 Å². The molecule has 0 radical (unpaired) electrons. The fourth-order valence-electron chi connectivity index (χ4n) is 3.48. The number of nitrogens with zero attached hydrogens (tertiary/aromatic N) is 3. The Balaban J connectivity index is 1.74.